The summed E-state index contributed by atoms with van der Waals surface area (Å²) in [6, 6.07) is 10.1. The van der Waals surface area contributed by atoms with Crippen LogP contribution in [0.1, 0.15) is 17.0 Å². The Labute approximate surface area is 141 Å². The van der Waals surface area contributed by atoms with Crippen molar-refractivity contribution in [2.24, 2.45) is 0 Å². The standard InChI is InChI=1S/C19H19N5/c1-2-9-21-16(5-1)13-24-10-6-17-18(7-11-24)22-14-23-19(17)15-4-3-8-20-12-15/h1-5,8-9,12,14H,6-7,10-11,13H2. The Morgan fingerprint density at radius 2 is 1.88 bits per heavy atom. The average molecular weight is 317 g/mol. The highest BCUT2D eigenvalue weighted by molar-refractivity contribution is 5.62. The predicted octanol–water partition coefficient (Wildman–Crippen LogP) is 2.53. The maximum Gasteiger partial charge on any atom is 0.116 e. The second-order valence-electron chi connectivity index (χ2n) is 5.99. The number of aromatic nitrogens is 4. The van der Waals surface area contributed by atoms with E-state index in [0.717, 1.165) is 55.1 Å². The molecule has 3 aromatic rings. The van der Waals surface area contributed by atoms with E-state index in [1.54, 1.807) is 12.5 Å². The summed E-state index contributed by atoms with van der Waals surface area (Å²) in [5.41, 5.74) is 5.62. The minimum absolute atomic E-state index is 0.879. The summed E-state index contributed by atoms with van der Waals surface area (Å²) >= 11 is 0. The Bertz CT molecular complexity index is 805. The molecule has 3 aromatic heterocycles. The first kappa shape index (κ1) is 14.9. The lowest BCUT2D eigenvalue weighted by Crippen LogP contribution is -2.26. The molecule has 0 fully saturated rings. The third-order valence-electron chi connectivity index (χ3n) is 4.42. The first-order valence-electron chi connectivity index (χ1n) is 8.25. The Morgan fingerprint density at radius 3 is 2.71 bits per heavy atom. The summed E-state index contributed by atoms with van der Waals surface area (Å²) in [5, 5.41) is 0. The van der Waals surface area contributed by atoms with Crippen molar-refractivity contribution in [3.8, 4) is 11.3 Å². The molecule has 4 heterocycles. The van der Waals surface area contributed by atoms with Crippen LogP contribution in [0.3, 0.4) is 0 Å². The van der Waals surface area contributed by atoms with Crippen molar-refractivity contribution in [1.82, 2.24) is 24.8 Å². The normalized spacial score (nSPS) is 14.8. The molecule has 5 nitrogen and oxygen atoms in total. The van der Waals surface area contributed by atoms with Crippen molar-refractivity contribution < 1.29 is 0 Å². The maximum atomic E-state index is 4.53. The highest BCUT2D eigenvalue weighted by Gasteiger charge is 2.19. The van der Waals surface area contributed by atoms with Gasteiger partial charge in [-0.25, -0.2) is 9.97 Å². The highest BCUT2D eigenvalue weighted by Crippen LogP contribution is 2.25. The molecule has 4 rings (SSSR count). The Morgan fingerprint density at radius 1 is 0.917 bits per heavy atom. The van der Waals surface area contributed by atoms with Crippen LogP contribution in [-0.2, 0) is 19.4 Å². The van der Waals surface area contributed by atoms with Crippen LogP contribution >= 0.6 is 0 Å². The smallest absolute Gasteiger partial charge is 0.116 e. The second-order valence-corrected chi connectivity index (χ2v) is 5.99. The van der Waals surface area contributed by atoms with Crippen LogP contribution in [0.25, 0.3) is 11.3 Å². The van der Waals surface area contributed by atoms with Crippen LogP contribution < -0.4 is 0 Å². The zero-order valence-corrected chi connectivity index (χ0v) is 13.5. The third-order valence-corrected chi connectivity index (χ3v) is 4.42. The summed E-state index contributed by atoms with van der Waals surface area (Å²) in [4.78, 5) is 20.2. The molecule has 0 radical (unpaired) electrons. The largest absolute Gasteiger partial charge is 0.297 e. The van der Waals surface area contributed by atoms with Gasteiger partial charge >= 0.3 is 0 Å². The molecular weight excluding hydrogens is 298 g/mol. The lowest BCUT2D eigenvalue weighted by molar-refractivity contribution is 0.275. The van der Waals surface area contributed by atoms with Gasteiger partial charge in [-0.3, -0.25) is 14.9 Å². The van der Waals surface area contributed by atoms with E-state index in [0.29, 0.717) is 0 Å². The van der Waals surface area contributed by atoms with E-state index in [1.807, 2.05) is 30.6 Å². The minimum atomic E-state index is 0.879. The fourth-order valence-electron chi connectivity index (χ4n) is 3.20. The van der Waals surface area contributed by atoms with Gasteiger partial charge in [0, 0.05) is 61.5 Å². The summed E-state index contributed by atoms with van der Waals surface area (Å²) in [6.45, 7) is 2.86. The summed E-state index contributed by atoms with van der Waals surface area (Å²) < 4.78 is 0. The maximum absolute atomic E-state index is 4.53. The van der Waals surface area contributed by atoms with E-state index in [2.05, 4.69) is 37.0 Å². The van der Waals surface area contributed by atoms with Crippen molar-refractivity contribution in [3.05, 3.63) is 72.2 Å². The molecule has 1 aliphatic heterocycles. The van der Waals surface area contributed by atoms with Crippen LogP contribution in [0.15, 0.2) is 55.2 Å². The van der Waals surface area contributed by atoms with E-state index in [1.165, 1.54) is 5.56 Å². The van der Waals surface area contributed by atoms with Gasteiger partial charge in [-0.1, -0.05) is 6.07 Å². The number of nitrogens with zero attached hydrogens (tertiary/aromatic N) is 5. The van der Waals surface area contributed by atoms with Gasteiger partial charge in [0.1, 0.15) is 6.33 Å². The average Bonchev–Trinajstić information content (AvgIpc) is 2.86. The third kappa shape index (κ3) is 3.16. The zero-order chi connectivity index (χ0) is 16.2. The Hall–Kier alpha value is -2.66. The van der Waals surface area contributed by atoms with E-state index in [-0.39, 0.29) is 0 Å². The molecule has 0 saturated heterocycles. The monoisotopic (exact) mass is 317 g/mol. The highest BCUT2D eigenvalue weighted by atomic mass is 15.1. The number of pyridine rings is 2. The second kappa shape index (κ2) is 6.84. The van der Waals surface area contributed by atoms with E-state index in [4.69, 9.17) is 0 Å². The molecule has 0 N–H and O–H groups in total. The van der Waals surface area contributed by atoms with E-state index >= 15 is 0 Å². The lowest BCUT2D eigenvalue weighted by Gasteiger charge is -2.18. The molecule has 120 valence electrons. The number of hydrogen-bond acceptors (Lipinski definition) is 5. The van der Waals surface area contributed by atoms with Crippen molar-refractivity contribution in [3.63, 3.8) is 0 Å². The van der Waals surface area contributed by atoms with Crippen LogP contribution in [0.5, 0.6) is 0 Å². The van der Waals surface area contributed by atoms with Gasteiger partial charge in [0.15, 0.2) is 0 Å². The summed E-state index contributed by atoms with van der Waals surface area (Å²) in [6.07, 6.45) is 9.09. The molecule has 1 aliphatic rings. The summed E-state index contributed by atoms with van der Waals surface area (Å²) in [7, 11) is 0. The first-order valence-corrected chi connectivity index (χ1v) is 8.25. The first-order chi connectivity index (χ1) is 11.9. The predicted molar refractivity (Wildman–Crippen MR) is 92.2 cm³/mol. The molecule has 0 atom stereocenters. The van der Waals surface area contributed by atoms with Crippen LogP contribution in [0, 0.1) is 0 Å². The molecular formula is C19H19N5. The number of fused-ring (bicyclic) bond motifs is 1. The van der Waals surface area contributed by atoms with Crippen LogP contribution in [0.2, 0.25) is 0 Å². The molecule has 0 bridgehead atoms. The SMILES string of the molecule is c1ccc(CN2CCc3ncnc(-c4cccnc4)c3CC2)nc1. The van der Waals surface area contributed by atoms with Gasteiger partial charge < -0.3 is 0 Å². The van der Waals surface area contributed by atoms with Crippen LogP contribution in [0.4, 0.5) is 0 Å². The number of rotatable bonds is 3. The van der Waals surface area contributed by atoms with Gasteiger partial charge in [0.25, 0.3) is 0 Å². The topological polar surface area (TPSA) is 54.8 Å². The van der Waals surface area contributed by atoms with E-state index < -0.39 is 0 Å². The Balaban J connectivity index is 1.57. The Kier molecular flexibility index (Phi) is 4.25. The molecule has 0 saturated carbocycles. The fraction of sp³-hybridized carbons (Fsp3) is 0.263. The number of hydrogen-bond donors (Lipinski definition) is 0. The van der Waals surface area contributed by atoms with Gasteiger partial charge in [0.2, 0.25) is 0 Å². The van der Waals surface area contributed by atoms with Gasteiger partial charge in [-0.05, 0) is 30.7 Å². The van der Waals surface area contributed by atoms with E-state index in [9.17, 15) is 0 Å². The molecule has 0 aliphatic carbocycles. The van der Waals surface area contributed by atoms with Crippen molar-refractivity contribution in [1.29, 1.82) is 0 Å². The molecule has 24 heavy (non-hydrogen) atoms. The van der Waals surface area contributed by atoms with Crippen molar-refractivity contribution >= 4 is 0 Å². The van der Waals surface area contributed by atoms with Crippen LogP contribution in [-0.4, -0.2) is 37.9 Å². The van der Waals surface area contributed by atoms with Gasteiger partial charge in [-0.2, -0.15) is 0 Å². The van der Waals surface area contributed by atoms with Crippen molar-refractivity contribution in [2.45, 2.75) is 19.4 Å². The zero-order valence-electron chi connectivity index (χ0n) is 13.5. The quantitative estimate of drug-likeness (QED) is 0.743. The molecule has 0 unspecified atom stereocenters. The van der Waals surface area contributed by atoms with Gasteiger partial charge in [0.05, 0.1) is 11.4 Å². The molecule has 0 aromatic carbocycles. The fourth-order valence-corrected chi connectivity index (χ4v) is 3.20. The minimum Gasteiger partial charge on any atom is -0.297 e. The lowest BCUT2D eigenvalue weighted by atomic mass is 10.0. The van der Waals surface area contributed by atoms with Gasteiger partial charge in [-0.15, -0.1) is 0 Å². The summed E-state index contributed by atoms with van der Waals surface area (Å²) in [5.74, 6) is 0. The molecule has 5 heteroatoms. The molecule has 0 spiro atoms. The van der Waals surface area contributed by atoms with Crippen molar-refractivity contribution in [2.75, 3.05) is 13.1 Å². The molecule has 0 amide bonds.